The number of hydrogen-bond acceptors (Lipinski definition) is 14. The van der Waals surface area contributed by atoms with Gasteiger partial charge in [0.1, 0.15) is 37.6 Å². The van der Waals surface area contributed by atoms with Crippen molar-refractivity contribution >= 4 is 29.4 Å². The number of benzene rings is 2. The first-order valence-corrected chi connectivity index (χ1v) is 14.4. The summed E-state index contributed by atoms with van der Waals surface area (Å²) in [5.41, 5.74) is -0.936. The smallest absolute Gasteiger partial charge is 0.410 e. The van der Waals surface area contributed by atoms with Crippen LogP contribution < -0.4 is 0 Å². The number of ether oxygens (including phenoxy) is 3. The molecule has 4 N–H and O–H groups in total. The molecule has 1 fully saturated rings. The van der Waals surface area contributed by atoms with Crippen molar-refractivity contribution in [3.05, 3.63) is 92.0 Å². The van der Waals surface area contributed by atoms with E-state index in [4.69, 9.17) is 14.2 Å². The minimum Gasteiger partial charge on any atom is -0.463 e. The molecule has 1 aliphatic rings. The number of hydrogen-bond donors (Lipinski definition) is 4. The van der Waals surface area contributed by atoms with Gasteiger partial charge in [-0.25, -0.2) is 9.59 Å². The summed E-state index contributed by atoms with van der Waals surface area (Å²) in [4.78, 5) is 60.6. The second-order valence-corrected chi connectivity index (χ2v) is 10.8. The van der Waals surface area contributed by atoms with Gasteiger partial charge < -0.3 is 39.5 Å². The van der Waals surface area contributed by atoms with Crippen molar-refractivity contribution in [1.29, 1.82) is 0 Å². The van der Waals surface area contributed by atoms with Crippen molar-refractivity contribution in [2.75, 3.05) is 26.3 Å². The Bertz CT molecular complexity index is 1420. The summed E-state index contributed by atoms with van der Waals surface area (Å²) in [6.07, 6.45) is -9.75. The number of piperidine rings is 1. The topological polar surface area (TPSA) is 249 Å². The number of amides is 1. The molecule has 3 rings (SSSR count). The molecule has 0 aromatic heterocycles. The largest absolute Gasteiger partial charge is 0.463 e. The van der Waals surface area contributed by atoms with E-state index >= 15 is 0 Å². The normalized spacial score (nSPS) is 16.0. The van der Waals surface area contributed by atoms with E-state index in [0.29, 0.717) is 0 Å². The fraction of sp³-hybridized carbons (Fsp3) is 0.433. The van der Waals surface area contributed by atoms with Crippen molar-refractivity contribution in [2.45, 2.75) is 50.3 Å². The summed E-state index contributed by atoms with van der Waals surface area (Å²) in [7, 11) is 0. The highest BCUT2D eigenvalue weighted by atomic mass is 16.6. The van der Waals surface area contributed by atoms with Crippen molar-refractivity contribution in [3.63, 3.8) is 0 Å². The van der Waals surface area contributed by atoms with Gasteiger partial charge in [0.2, 0.25) is 0 Å². The van der Waals surface area contributed by atoms with Crippen molar-refractivity contribution in [1.82, 2.24) is 4.90 Å². The lowest BCUT2D eigenvalue weighted by atomic mass is 9.97. The lowest BCUT2D eigenvalue weighted by Crippen LogP contribution is -2.48. The van der Waals surface area contributed by atoms with Gasteiger partial charge in [-0.15, -0.1) is 0 Å². The fourth-order valence-corrected chi connectivity index (χ4v) is 4.74. The van der Waals surface area contributed by atoms with Gasteiger partial charge in [0.15, 0.2) is 6.10 Å². The molecule has 17 nitrogen and oxygen atoms in total. The first-order valence-electron chi connectivity index (χ1n) is 14.4. The Kier molecular flexibility index (Phi) is 12.9. The van der Waals surface area contributed by atoms with E-state index in [1.807, 2.05) is 0 Å². The highest BCUT2D eigenvalue weighted by Gasteiger charge is 2.36. The Morgan fingerprint density at radius 3 is 1.74 bits per heavy atom. The van der Waals surface area contributed by atoms with Gasteiger partial charge in [-0.2, -0.15) is 0 Å². The zero-order chi connectivity index (χ0) is 34.8. The Balaban J connectivity index is 1.59. The molecule has 2 aromatic carbocycles. The molecule has 254 valence electrons. The molecule has 47 heavy (non-hydrogen) atoms. The van der Waals surface area contributed by atoms with Gasteiger partial charge in [0, 0.05) is 30.8 Å². The maximum atomic E-state index is 13.2. The van der Waals surface area contributed by atoms with Crippen LogP contribution in [-0.2, 0) is 23.8 Å². The molecule has 0 aliphatic carbocycles. The van der Waals surface area contributed by atoms with Gasteiger partial charge in [0.25, 0.3) is 11.4 Å². The molecule has 2 aromatic rings. The minimum atomic E-state index is -1.97. The third-order valence-electron chi connectivity index (χ3n) is 7.41. The monoisotopic (exact) mass is 661 g/mol. The number of carbonyl (C=O) groups excluding carboxylic acids is 3. The average Bonchev–Trinajstić information content (AvgIpc) is 3.07. The molecule has 1 aliphatic heterocycles. The first-order chi connectivity index (χ1) is 22.2. The summed E-state index contributed by atoms with van der Waals surface area (Å²) in [6.45, 7) is 3.26. The van der Waals surface area contributed by atoms with Crippen LogP contribution in [0.5, 0.6) is 0 Å². The van der Waals surface area contributed by atoms with E-state index in [0.717, 1.165) is 0 Å². The number of aliphatic hydroxyl groups excluding tert-OH is 4. The maximum absolute atomic E-state index is 13.2. The van der Waals surface area contributed by atoms with E-state index in [-0.39, 0.29) is 42.6 Å². The predicted molar refractivity (Wildman–Crippen MR) is 160 cm³/mol. The van der Waals surface area contributed by atoms with Gasteiger partial charge in [0.05, 0.1) is 26.9 Å². The second kappa shape index (κ2) is 16.5. The zero-order valence-corrected chi connectivity index (χ0v) is 25.2. The highest BCUT2D eigenvalue weighted by molar-refractivity contribution is 5.86. The SMILES string of the molecule is C=C(C)C(=O)OCC(O)C(O)C(O)C(O)COC(=O)C1CCN(C(=O)OC(c2ccccc2[N+](=O)[O-])c2ccccc2[N+](=O)[O-])CC1. The molecule has 1 amide bonds. The number of nitro benzene ring substituents is 2. The van der Waals surface area contributed by atoms with Gasteiger partial charge in [-0.1, -0.05) is 30.8 Å². The summed E-state index contributed by atoms with van der Waals surface area (Å²) < 4.78 is 15.4. The first kappa shape index (κ1) is 36.5. The van der Waals surface area contributed by atoms with Crippen molar-refractivity contribution in [3.8, 4) is 0 Å². The van der Waals surface area contributed by atoms with E-state index in [1.165, 1.54) is 60.4 Å². The molecule has 1 heterocycles. The van der Waals surface area contributed by atoms with Crippen LogP contribution in [0, 0.1) is 26.1 Å². The lowest BCUT2D eigenvalue weighted by molar-refractivity contribution is -0.387. The highest BCUT2D eigenvalue weighted by Crippen LogP contribution is 2.37. The lowest BCUT2D eigenvalue weighted by Gasteiger charge is -2.32. The van der Waals surface area contributed by atoms with Gasteiger partial charge in [-0.05, 0) is 31.9 Å². The van der Waals surface area contributed by atoms with E-state index in [2.05, 4.69) is 6.58 Å². The summed E-state index contributed by atoms with van der Waals surface area (Å²) >= 11 is 0. The Morgan fingerprint density at radius 2 is 1.30 bits per heavy atom. The summed E-state index contributed by atoms with van der Waals surface area (Å²) in [5.74, 6) is -2.34. The number of aliphatic hydroxyl groups is 4. The fourth-order valence-electron chi connectivity index (χ4n) is 4.74. The number of nitro groups is 2. The van der Waals surface area contributed by atoms with Crippen LogP contribution in [-0.4, -0.2) is 104 Å². The number of likely N-dealkylation sites (tertiary alicyclic amines) is 1. The average molecular weight is 662 g/mol. The van der Waals surface area contributed by atoms with Gasteiger partial charge in [-0.3, -0.25) is 25.0 Å². The van der Waals surface area contributed by atoms with E-state index in [1.54, 1.807) is 0 Å². The number of para-hydroxylation sites is 2. The number of nitrogens with zero attached hydrogens (tertiary/aromatic N) is 3. The Hall–Kier alpha value is -4.97. The van der Waals surface area contributed by atoms with Crippen LogP contribution >= 0.6 is 0 Å². The second-order valence-electron chi connectivity index (χ2n) is 10.8. The zero-order valence-electron chi connectivity index (χ0n) is 25.2. The molecule has 0 radical (unpaired) electrons. The molecule has 0 bridgehead atoms. The molecule has 0 saturated carbocycles. The maximum Gasteiger partial charge on any atom is 0.410 e. The number of carbonyl (C=O) groups is 3. The quantitative estimate of drug-likeness (QED) is 0.0737. The van der Waals surface area contributed by atoms with Crippen LogP contribution in [0.15, 0.2) is 60.7 Å². The van der Waals surface area contributed by atoms with E-state index < -0.39 is 88.9 Å². The van der Waals surface area contributed by atoms with Gasteiger partial charge >= 0.3 is 18.0 Å². The molecule has 4 atom stereocenters. The third-order valence-corrected chi connectivity index (χ3v) is 7.41. The van der Waals surface area contributed by atoms with Crippen LogP contribution in [0.25, 0.3) is 0 Å². The molecule has 17 heteroatoms. The number of esters is 2. The molecule has 0 spiro atoms. The van der Waals surface area contributed by atoms with Crippen LogP contribution in [0.3, 0.4) is 0 Å². The summed E-state index contributed by atoms with van der Waals surface area (Å²) in [5, 5.41) is 63.8. The molecule has 4 unspecified atom stereocenters. The van der Waals surface area contributed by atoms with E-state index in [9.17, 15) is 55.0 Å². The summed E-state index contributed by atoms with van der Waals surface area (Å²) in [6, 6.07) is 10.8. The molecular formula is C30H35N3O14. The molecule has 1 saturated heterocycles. The van der Waals surface area contributed by atoms with Crippen molar-refractivity contribution < 1.29 is 58.9 Å². The van der Waals surface area contributed by atoms with Crippen LogP contribution in [0.4, 0.5) is 16.2 Å². The Morgan fingerprint density at radius 1 is 0.851 bits per heavy atom. The number of rotatable bonds is 14. The third kappa shape index (κ3) is 9.52. The standard InChI is InChI=1S/C30H35N3O14/c1-17(2)28(38)45-15-23(34)25(36)26(37)24(35)16-46-29(39)18-11-13-31(14-12-18)30(40)47-27(19-7-3-5-9-21(19)32(41)42)20-8-4-6-10-22(20)33(43)44/h3-10,18,23-27,34-37H,1,11-16H2,2H3. The molecular weight excluding hydrogens is 626 g/mol. The van der Waals surface area contributed by atoms with Crippen molar-refractivity contribution in [2.24, 2.45) is 5.92 Å². The van der Waals surface area contributed by atoms with Crippen LogP contribution in [0.1, 0.15) is 37.0 Å². The minimum absolute atomic E-state index is 0.0158. The predicted octanol–water partition coefficient (Wildman–Crippen LogP) is 1.55. The van der Waals surface area contributed by atoms with Crippen LogP contribution in [0.2, 0.25) is 0 Å². The Labute approximate surface area is 267 Å².